The Hall–Kier alpha value is -9.02. The minimum atomic E-state index is -0.954. The zero-order chi connectivity index (χ0) is 50.3. The molecular weight excluding hydrogens is 921 g/mol. The molecule has 0 saturated heterocycles. The number of ether oxygens (including phenoxy) is 6. The Labute approximate surface area is 414 Å². The Kier molecular flexibility index (Phi) is 14.2. The summed E-state index contributed by atoms with van der Waals surface area (Å²) in [6.45, 7) is 0.959. The monoisotopic (exact) mass is 968 g/mol. The highest BCUT2D eigenvalue weighted by Crippen LogP contribution is 2.41. The first kappa shape index (κ1) is 48.0. The van der Waals surface area contributed by atoms with Crippen molar-refractivity contribution >= 4 is 23.8 Å². The number of nitriles is 2. The number of carboxylic acids is 2. The fourth-order valence-corrected chi connectivity index (χ4v) is 9.23. The largest absolute Gasteiger partial charge is 0.497 e. The maximum absolute atomic E-state index is 12.9. The van der Waals surface area contributed by atoms with E-state index in [1.54, 1.807) is 67.8 Å². The highest BCUT2D eigenvalue weighted by atomic mass is 16.5. The van der Waals surface area contributed by atoms with Crippen molar-refractivity contribution in [2.24, 2.45) is 0 Å². The summed E-state index contributed by atoms with van der Waals surface area (Å²) in [6.07, 6.45) is 3.89. The highest BCUT2D eigenvalue weighted by molar-refractivity contribution is 5.95. The maximum Gasteiger partial charge on any atom is 0.311 e. The lowest BCUT2D eigenvalue weighted by atomic mass is 9.88. The third-order valence-corrected chi connectivity index (χ3v) is 13.0. The van der Waals surface area contributed by atoms with Gasteiger partial charge in [0.25, 0.3) is 11.8 Å². The summed E-state index contributed by atoms with van der Waals surface area (Å²) >= 11 is 0. The van der Waals surface area contributed by atoms with Gasteiger partial charge in [0.05, 0.1) is 49.3 Å². The summed E-state index contributed by atoms with van der Waals surface area (Å²) in [7, 11) is 1.66. The molecule has 10 rings (SSSR count). The quantitative estimate of drug-likeness (QED) is 0.0952. The predicted octanol–water partition coefficient (Wildman–Crippen LogP) is 8.63. The summed E-state index contributed by atoms with van der Waals surface area (Å²) in [5.41, 5.74) is 5.87. The van der Waals surface area contributed by atoms with Crippen molar-refractivity contribution in [2.45, 2.75) is 62.4 Å². The number of hydrogen-bond acceptors (Lipinski definition) is 12. The van der Waals surface area contributed by atoms with Gasteiger partial charge in [-0.1, -0.05) is 24.3 Å². The SMILES string of the molecule is COc1ccc2c(c1)CCC(NC(=O)c1ccc(Oc3cc4c(cc3C#N)C(C(=O)O)CCO4)cc1)C2.N#Cc1cc2c(cc1Oc1ccc(C(=O)NC3COc4ccccc4C3)cc1)OCCC2C(=O)O. The molecule has 72 heavy (non-hydrogen) atoms. The number of nitrogens with zero attached hydrogens (tertiary/aromatic N) is 2. The molecule has 4 unspecified atom stereocenters. The van der Waals surface area contributed by atoms with E-state index in [1.165, 1.54) is 23.3 Å². The van der Waals surface area contributed by atoms with Crippen LogP contribution in [-0.2, 0) is 28.9 Å². The molecule has 4 N–H and O–H groups in total. The molecular formula is C56H48N4O12. The van der Waals surface area contributed by atoms with Crippen molar-refractivity contribution in [3.63, 3.8) is 0 Å². The molecule has 0 aromatic heterocycles. The predicted molar refractivity (Wildman–Crippen MR) is 259 cm³/mol. The van der Waals surface area contributed by atoms with Gasteiger partial charge in [-0.3, -0.25) is 19.2 Å². The van der Waals surface area contributed by atoms with E-state index in [1.807, 2.05) is 30.3 Å². The first-order valence-corrected chi connectivity index (χ1v) is 23.4. The minimum absolute atomic E-state index is 0.0487. The Morgan fingerprint density at radius 3 is 1.61 bits per heavy atom. The summed E-state index contributed by atoms with van der Waals surface area (Å²) < 4.78 is 34.1. The molecule has 0 bridgehead atoms. The summed E-state index contributed by atoms with van der Waals surface area (Å²) in [5, 5.41) is 44.2. The van der Waals surface area contributed by atoms with Crippen molar-refractivity contribution in [3.05, 3.63) is 165 Å². The number of methoxy groups -OCH3 is 1. The van der Waals surface area contributed by atoms with E-state index >= 15 is 0 Å². The lowest BCUT2D eigenvalue weighted by molar-refractivity contribution is -0.140. The molecule has 16 heteroatoms. The Morgan fingerprint density at radius 1 is 0.569 bits per heavy atom. The van der Waals surface area contributed by atoms with Crippen molar-refractivity contribution in [3.8, 4) is 58.1 Å². The number of fused-ring (bicyclic) bond motifs is 4. The molecule has 6 aromatic rings. The topological polar surface area (TPSA) is 236 Å². The first-order chi connectivity index (χ1) is 35.0. The number of para-hydroxylation sites is 1. The molecule has 3 heterocycles. The van der Waals surface area contributed by atoms with Crippen molar-refractivity contribution < 1.29 is 57.8 Å². The van der Waals surface area contributed by atoms with Crippen LogP contribution >= 0.6 is 0 Å². The van der Waals surface area contributed by atoms with Crippen LogP contribution in [0, 0.1) is 22.7 Å². The number of carbonyl (C=O) groups excluding carboxylic acids is 2. The van der Waals surface area contributed by atoms with E-state index < -0.39 is 23.8 Å². The van der Waals surface area contributed by atoms with E-state index in [-0.39, 0.29) is 59.7 Å². The number of aliphatic carboxylic acids is 2. The number of benzene rings is 6. The molecule has 0 radical (unpaired) electrons. The zero-order valence-electron chi connectivity index (χ0n) is 39.0. The van der Waals surface area contributed by atoms with E-state index in [9.17, 15) is 39.9 Å². The molecule has 4 aliphatic rings. The molecule has 0 spiro atoms. The van der Waals surface area contributed by atoms with E-state index in [4.69, 9.17) is 28.4 Å². The van der Waals surface area contributed by atoms with Crippen molar-refractivity contribution in [1.82, 2.24) is 10.6 Å². The van der Waals surface area contributed by atoms with Crippen LogP contribution in [0.25, 0.3) is 0 Å². The first-order valence-electron chi connectivity index (χ1n) is 23.4. The number of rotatable bonds is 11. The number of aryl methyl sites for hydroxylation is 1. The standard InChI is InChI=1S/C29H26N2O6.C27H22N2O6/c1-35-23-9-5-18-12-21(6-2-19(18)13-23)31-28(32)17-3-7-22(8-4-17)37-26-15-27-25(14-20(26)16-30)24(29(33)34)10-11-36-27;28-14-18-12-22-21(27(31)32)9-10-33-25(22)13-24(18)35-20-7-5-16(6-8-20)26(30)29-19-11-17-3-1-2-4-23(17)34-15-19/h3-5,7-9,13-15,21,24H,2,6,10-12H2,1H3,(H,31,32)(H,33,34);1-8,12-13,19,21H,9-11,15H2,(H,29,30)(H,31,32). The van der Waals surface area contributed by atoms with Gasteiger partial charge < -0.3 is 49.3 Å². The molecule has 4 atom stereocenters. The second-order valence-corrected chi connectivity index (χ2v) is 17.6. The lowest BCUT2D eigenvalue weighted by Crippen LogP contribution is -2.42. The summed E-state index contributed by atoms with van der Waals surface area (Å²) in [6, 6.07) is 37.3. The van der Waals surface area contributed by atoms with Crippen molar-refractivity contribution in [2.75, 3.05) is 26.9 Å². The molecule has 0 saturated carbocycles. The normalized spacial score (nSPS) is 17.9. The van der Waals surface area contributed by atoms with Gasteiger partial charge in [0, 0.05) is 40.4 Å². The van der Waals surface area contributed by atoms with Gasteiger partial charge in [-0.2, -0.15) is 10.5 Å². The second-order valence-electron chi connectivity index (χ2n) is 17.6. The Bertz CT molecular complexity index is 3140. The smallest absolute Gasteiger partial charge is 0.311 e. The van der Waals surface area contributed by atoms with Crippen LogP contribution in [0.5, 0.6) is 46.0 Å². The molecule has 364 valence electrons. The molecule has 1 aliphatic carbocycles. The van der Waals surface area contributed by atoms with Gasteiger partial charge in [0.15, 0.2) is 0 Å². The van der Waals surface area contributed by atoms with E-state index in [2.05, 4.69) is 34.9 Å². The number of carboxylic acid groups (broad SMARTS) is 2. The van der Waals surface area contributed by atoms with Gasteiger partial charge in [-0.25, -0.2) is 0 Å². The van der Waals surface area contributed by atoms with Gasteiger partial charge in [-0.05, 0) is 134 Å². The molecule has 6 aromatic carbocycles. The van der Waals surface area contributed by atoms with E-state index in [0.29, 0.717) is 71.1 Å². The van der Waals surface area contributed by atoms with E-state index in [0.717, 1.165) is 36.3 Å². The number of amides is 2. The summed E-state index contributed by atoms with van der Waals surface area (Å²) in [5.74, 6) is 0.160. The molecule has 3 aliphatic heterocycles. The van der Waals surface area contributed by atoms with Crippen LogP contribution in [0.1, 0.15) is 90.8 Å². The third-order valence-electron chi connectivity index (χ3n) is 13.0. The van der Waals surface area contributed by atoms with Crippen LogP contribution in [0.3, 0.4) is 0 Å². The number of hydrogen-bond donors (Lipinski definition) is 4. The Balaban J connectivity index is 0.000000178. The van der Waals surface area contributed by atoms with Crippen LogP contribution in [0.2, 0.25) is 0 Å². The van der Waals surface area contributed by atoms with Crippen LogP contribution in [0.4, 0.5) is 0 Å². The van der Waals surface area contributed by atoms with Crippen LogP contribution < -0.4 is 39.1 Å². The van der Waals surface area contributed by atoms with Gasteiger partial charge >= 0.3 is 11.9 Å². The van der Waals surface area contributed by atoms with Gasteiger partial charge in [0.1, 0.15) is 64.7 Å². The average molecular weight is 969 g/mol. The third kappa shape index (κ3) is 10.7. The fourth-order valence-electron chi connectivity index (χ4n) is 9.23. The van der Waals surface area contributed by atoms with Crippen LogP contribution in [0.15, 0.2) is 115 Å². The zero-order valence-corrected chi connectivity index (χ0v) is 39.0. The molecule has 16 nitrogen and oxygen atoms in total. The lowest BCUT2D eigenvalue weighted by Gasteiger charge is -2.26. The van der Waals surface area contributed by atoms with Gasteiger partial charge in [-0.15, -0.1) is 0 Å². The Morgan fingerprint density at radius 2 is 1.08 bits per heavy atom. The molecule has 0 fully saturated rings. The van der Waals surface area contributed by atoms with Crippen LogP contribution in [-0.4, -0.2) is 73.0 Å². The summed E-state index contributed by atoms with van der Waals surface area (Å²) in [4.78, 5) is 48.7. The maximum atomic E-state index is 12.9. The van der Waals surface area contributed by atoms with Gasteiger partial charge in [0.2, 0.25) is 0 Å². The minimum Gasteiger partial charge on any atom is -0.497 e. The average Bonchev–Trinajstić information content (AvgIpc) is 3.40. The molecule has 2 amide bonds. The fraction of sp³-hybridized carbons (Fsp3) is 0.250. The second kappa shape index (κ2) is 21.3. The van der Waals surface area contributed by atoms with Crippen molar-refractivity contribution in [1.29, 1.82) is 10.5 Å². The number of carbonyl (C=O) groups is 4. The number of nitrogens with one attached hydrogen (secondary N) is 2. The highest BCUT2D eigenvalue weighted by Gasteiger charge is 2.31.